The van der Waals surface area contributed by atoms with E-state index < -0.39 is 28.9 Å². The lowest BCUT2D eigenvalue weighted by molar-refractivity contribution is 0.0971. The van der Waals surface area contributed by atoms with Crippen molar-refractivity contribution in [1.29, 1.82) is 5.26 Å². The molecule has 0 saturated heterocycles. The van der Waals surface area contributed by atoms with Gasteiger partial charge in [-0.2, -0.15) is 5.26 Å². The zero-order valence-corrected chi connectivity index (χ0v) is 11.8. The summed E-state index contributed by atoms with van der Waals surface area (Å²) in [5.74, 6) is -4.01. The summed E-state index contributed by atoms with van der Waals surface area (Å²) in [5.41, 5.74) is -0.678. The third-order valence-corrected chi connectivity index (χ3v) is 3.87. The number of carbonyl (C=O) groups excluding carboxylic acids is 1. The molecule has 0 aliphatic rings. The SMILES string of the molecule is N#CC(C(=O)c1c(F)cc(Br)cc1F)c1cccs1. The smallest absolute Gasteiger partial charge is 0.191 e. The van der Waals surface area contributed by atoms with Crippen LogP contribution in [0.25, 0.3) is 0 Å². The minimum absolute atomic E-state index is 0.198. The summed E-state index contributed by atoms with van der Waals surface area (Å²) in [6.45, 7) is 0. The standard InChI is InChI=1S/C13H6BrF2NOS/c14-7-4-9(15)12(10(16)5-7)13(18)8(6-17)11-2-1-3-19-11/h1-5,8H. The van der Waals surface area contributed by atoms with Crippen LogP contribution >= 0.6 is 27.3 Å². The number of halogens is 3. The van der Waals surface area contributed by atoms with Crippen molar-refractivity contribution >= 4 is 33.0 Å². The molecule has 0 amide bonds. The molecule has 1 atom stereocenters. The molecular formula is C13H6BrF2NOS. The van der Waals surface area contributed by atoms with Gasteiger partial charge in [-0.15, -0.1) is 11.3 Å². The van der Waals surface area contributed by atoms with Crippen molar-refractivity contribution < 1.29 is 13.6 Å². The summed E-state index contributed by atoms with van der Waals surface area (Å²) in [7, 11) is 0. The predicted octanol–water partition coefficient (Wildman–Crippen LogP) is 4.28. The van der Waals surface area contributed by atoms with E-state index in [1.165, 1.54) is 11.3 Å². The Morgan fingerprint density at radius 2 is 2.00 bits per heavy atom. The van der Waals surface area contributed by atoms with Crippen LogP contribution < -0.4 is 0 Å². The number of thiophene rings is 1. The van der Waals surface area contributed by atoms with Crippen LogP contribution in [0.5, 0.6) is 0 Å². The quantitative estimate of drug-likeness (QED) is 0.782. The minimum Gasteiger partial charge on any atom is -0.292 e. The molecule has 1 aromatic heterocycles. The van der Waals surface area contributed by atoms with E-state index in [9.17, 15) is 13.6 Å². The second kappa shape index (κ2) is 5.59. The van der Waals surface area contributed by atoms with Gasteiger partial charge in [0.25, 0.3) is 0 Å². The van der Waals surface area contributed by atoms with Gasteiger partial charge in [-0.3, -0.25) is 4.79 Å². The molecule has 1 heterocycles. The summed E-state index contributed by atoms with van der Waals surface area (Å²) < 4.78 is 27.6. The lowest BCUT2D eigenvalue weighted by atomic mass is 9.96. The van der Waals surface area contributed by atoms with E-state index in [-0.39, 0.29) is 4.47 Å². The van der Waals surface area contributed by atoms with E-state index in [1.807, 2.05) is 0 Å². The minimum atomic E-state index is -1.19. The van der Waals surface area contributed by atoms with Gasteiger partial charge in [0.2, 0.25) is 0 Å². The summed E-state index contributed by atoms with van der Waals surface area (Å²) in [6.07, 6.45) is 0. The molecule has 1 aromatic carbocycles. The fourth-order valence-electron chi connectivity index (χ4n) is 1.63. The van der Waals surface area contributed by atoms with E-state index in [0.717, 1.165) is 12.1 Å². The Kier molecular flexibility index (Phi) is 4.08. The Morgan fingerprint density at radius 3 is 2.47 bits per heavy atom. The Labute approximate surface area is 120 Å². The average molecular weight is 342 g/mol. The van der Waals surface area contributed by atoms with Crippen LogP contribution in [-0.2, 0) is 0 Å². The van der Waals surface area contributed by atoms with Crippen LogP contribution in [-0.4, -0.2) is 5.78 Å². The highest BCUT2D eigenvalue weighted by Gasteiger charge is 2.28. The third kappa shape index (κ3) is 2.72. The monoisotopic (exact) mass is 341 g/mol. The second-order valence-corrected chi connectivity index (χ2v) is 5.58. The number of rotatable bonds is 3. The highest BCUT2D eigenvalue weighted by atomic mass is 79.9. The molecule has 96 valence electrons. The first-order chi connectivity index (χ1) is 9.04. The summed E-state index contributed by atoms with van der Waals surface area (Å²) in [6, 6.07) is 7.05. The molecular weight excluding hydrogens is 336 g/mol. The molecule has 0 spiro atoms. The Balaban J connectivity index is 2.48. The maximum Gasteiger partial charge on any atom is 0.191 e. The lowest BCUT2D eigenvalue weighted by Gasteiger charge is -2.08. The number of nitriles is 1. The van der Waals surface area contributed by atoms with E-state index >= 15 is 0 Å². The molecule has 0 radical (unpaired) electrons. The molecule has 0 aliphatic heterocycles. The number of nitrogens with zero attached hydrogens (tertiary/aromatic N) is 1. The zero-order chi connectivity index (χ0) is 14.0. The maximum absolute atomic E-state index is 13.7. The van der Waals surface area contributed by atoms with E-state index in [0.29, 0.717) is 4.88 Å². The van der Waals surface area contributed by atoms with Gasteiger partial charge < -0.3 is 0 Å². The third-order valence-electron chi connectivity index (χ3n) is 2.47. The first kappa shape index (κ1) is 13.8. The maximum atomic E-state index is 13.7. The van der Waals surface area contributed by atoms with Crippen LogP contribution in [0.3, 0.4) is 0 Å². The molecule has 6 heteroatoms. The van der Waals surface area contributed by atoms with Gasteiger partial charge in [-0.1, -0.05) is 22.0 Å². The van der Waals surface area contributed by atoms with Crippen LogP contribution in [0.2, 0.25) is 0 Å². The first-order valence-corrected chi connectivity index (χ1v) is 6.83. The largest absolute Gasteiger partial charge is 0.292 e. The Bertz CT molecular complexity index is 641. The van der Waals surface area contributed by atoms with Gasteiger partial charge in [0.05, 0.1) is 11.6 Å². The van der Waals surface area contributed by atoms with Gasteiger partial charge in [0, 0.05) is 9.35 Å². The number of ketones is 1. The van der Waals surface area contributed by atoms with Gasteiger partial charge >= 0.3 is 0 Å². The lowest BCUT2D eigenvalue weighted by Crippen LogP contribution is -2.14. The van der Waals surface area contributed by atoms with Crippen molar-refractivity contribution in [3.63, 3.8) is 0 Å². The van der Waals surface area contributed by atoms with Crippen molar-refractivity contribution in [1.82, 2.24) is 0 Å². The number of hydrogen-bond donors (Lipinski definition) is 0. The number of Topliss-reactive ketones (excluding diaryl/α,β-unsaturated/α-hetero) is 1. The fraction of sp³-hybridized carbons (Fsp3) is 0.0769. The van der Waals surface area contributed by atoms with Gasteiger partial charge in [0.1, 0.15) is 17.6 Å². The molecule has 0 saturated carbocycles. The van der Waals surface area contributed by atoms with Gasteiger partial charge in [-0.25, -0.2) is 8.78 Å². The van der Waals surface area contributed by atoms with Crippen molar-refractivity contribution in [2.75, 3.05) is 0 Å². The topological polar surface area (TPSA) is 40.9 Å². The highest BCUT2D eigenvalue weighted by Crippen LogP contribution is 2.28. The summed E-state index contributed by atoms with van der Waals surface area (Å²) in [5, 5.41) is 10.7. The Morgan fingerprint density at radius 1 is 1.37 bits per heavy atom. The second-order valence-electron chi connectivity index (χ2n) is 3.69. The Hall–Kier alpha value is -1.58. The molecule has 2 nitrogen and oxygen atoms in total. The molecule has 1 unspecified atom stereocenters. The van der Waals surface area contributed by atoms with Crippen molar-refractivity contribution in [2.45, 2.75) is 5.92 Å². The molecule has 0 aliphatic carbocycles. The predicted molar refractivity (Wildman–Crippen MR) is 71.1 cm³/mol. The molecule has 0 fully saturated rings. The summed E-state index contributed by atoms with van der Waals surface area (Å²) >= 11 is 4.13. The van der Waals surface area contributed by atoms with E-state index in [4.69, 9.17) is 5.26 Å². The van der Waals surface area contributed by atoms with E-state index in [2.05, 4.69) is 15.9 Å². The highest BCUT2D eigenvalue weighted by molar-refractivity contribution is 9.10. The van der Waals surface area contributed by atoms with E-state index in [1.54, 1.807) is 23.6 Å². The molecule has 0 bridgehead atoms. The van der Waals surface area contributed by atoms with Crippen molar-refractivity contribution in [3.05, 3.63) is 56.2 Å². The van der Waals surface area contributed by atoms with Crippen molar-refractivity contribution in [2.24, 2.45) is 0 Å². The van der Waals surface area contributed by atoms with Crippen LogP contribution in [0, 0.1) is 23.0 Å². The molecule has 2 rings (SSSR count). The average Bonchev–Trinajstić information content (AvgIpc) is 2.82. The van der Waals surface area contributed by atoms with Gasteiger partial charge in [0.15, 0.2) is 5.78 Å². The zero-order valence-electron chi connectivity index (χ0n) is 9.36. The van der Waals surface area contributed by atoms with Crippen molar-refractivity contribution in [3.8, 4) is 6.07 Å². The normalized spacial score (nSPS) is 11.9. The van der Waals surface area contributed by atoms with Crippen LogP contribution in [0.1, 0.15) is 21.2 Å². The molecule has 19 heavy (non-hydrogen) atoms. The number of carbonyl (C=O) groups is 1. The summed E-state index contributed by atoms with van der Waals surface area (Å²) in [4.78, 5) is 12.6. The van der Waals surface area contributed by atoms with Crippen LogP contribution in [0.15, 0.2) is 34.1 Å². The molecule has 2 aromatic rings. The molecule has 0 N–H and O–H groups in total. The first-order valence-electron chi connectivity index (χ1n) is 5.16. The number of benzene rings is 1. The fourth-order valence-corrected chi connectivity index (χ4v) is 2.80. The number of hydrogen-bond acceptors (Lipinski definition) is 3. The van der Waals surface area contributed by atoms with Gasteiger partial charge in [-0.05, 0) is 23.6 Å². The van der Waals surface area contributed by atoms with Crippen LogP contribution in [0.4, 0.5) is 8.78 Å².